The van der Waals surface area contributed by atoms with Gasteiger partial charge in [-0.3, -0.25) is 0 Å². The summed E-state index contributed by atoms with van der Waals surface area (Å²) in [7, 11) is 0. The highest BCUT2D eigenvalue weighted by atomic mass is 35.5. The Labute approximate surface area is 195 Å². The Kier molecular flexibility index (Phi) is 14.7. The van der Waals surface area contributed by atoms with E-state index in [1.807, 2.05) is 0 Å². The van der Waals surface area contributed by atoms with Gasteiger partial charge in [0.2, 0.25) is 0 Å². The second-order valence-corrected chi connectivity index (χ2v) is 7.62. The first-order valence-corrected chi connectivity index (χ1v) is 10.4. The van der Waals surface area contributed by atoms with Crippen LogP contribution >= 0.6 is 0 Å². The molecule has 2 rings (SSSR count). The lowest BCUT2D eigenvalue weighted by Gasteiger charge is -1.99. The topological polar surface area (TPSA) is 7.76 Å². The molecule has 0 fully saturated rings. The van der Waals surface area contributed by atoms with Crippen molar-refractivity contribution in [3.05, 3.63) is 59.2 Å². The minimum atomic E-state index is 0. The lowest BCUT2D eigenvalue weighted by molar-refractivity contribution is -0.697. The Morgan fingerprint density at radius 1 is 0.600 bits per heavy atom. The zero-order valence-electron chi connectivity index (χ0n) is 18.8. The van der Waals surface area contributed by atoms with Crippen LogP contribution in [0.15, 0.2) is 36.9 Å². The molecule has 0 atom stereocenters. The van der Waals surface area contributed by atoms with E-state index in [-0.39, 0.29) is 24.8 Å². The molecule has 0 saturated heterocycles. The number of aryl methyl sites for hydroxylation is 6. The predicted octanol–water partition coefficient (Wildman–Crippen LogP) is -1.45. The number of pyridine rings is 2. The summed E-state index contributed by atoms with van der Waals surface area (Å²) in [5.74, 6) is 12.4. The van der Waals surface area contributed by atoms with Crippen LogP contribution in [0.3, 0.4) is 0 Å². The number of hydrogen-bond acceptors (Lipinski definition) is 0. The molecule has 162 valence electrons. The standard InChI is InChI=1S/C26H34N2.2ClH/c1-23-15-19-27(21-25(23)3)17-13-11-9-7-5-6-8-10-12-14-18-28-20-16-24(2)26(4)22-28;;/h15-16,19-22H,9-14,17-18H2,1-4H3;2*1H/q+2;;/p-2. The van der Waals surface area contributed by atoms with Crippen molar-refractivity contribution in [2.24, 2.45) is 0 Å². The molecule has 0 aliphatic heterocycles. The fourth-order valence-corrected chi connectivity index (χ4v) is 2.97. The zero-order valence-corrected chi connectivity index (χ0v) is 20.3. The van der Waals surface area contributed by atoms with Crippen molar-refractivity contribution in [1.82, 2.24) is 0 Å². The van der Waals surface area contributed by atoms with E-state index in [0.717, 1.165) is 51.6 Å². The van der Waals surface area contributed by atoms with Gasteiger partial charge in [-0.05, 0) is 63.5 Å². The highest BCUT2D eigenvalue weighted by Gasteiger charge is 2.03. The van der Waals surface area contributed by atoms with Crippen LogP contribution in [0, 0.1) is 51.4 Å². The van der Waals surface area contributed by atoms with Crippen LogP contribution in [-0.4, -0.2) is 0 Å². The molecule has 2 aromatic heterocycles. The molecule has 2 aromatic rings. The summed E-state index contributed by atoms with van der Waals surface area (Å²) in [5, 5.41) is 0. The SMILES string of the molecule is Cc1cc[n+](CCCCC#CC#CCCCC[n+]2ccc(C)c(C)c2)cc1C.[Cl-].[Cl-]. The molecule has 0 unspecified atom stereocenters. The van der Waals surface area contributed by atoms with Crippen LogP contribution in [0.25, 0.3) is 0 Å². The minimum absolute atomic E-state index is 0. The highest BCUT2D eigenvalue weighted by molar-refractivity contribution is 5.25. The van der Waals surface area contributed by atoms with Gasteiger partial charge in [-0.25, -0.2) is 9.13 Å². The first kappa shape index (κ1) is 28.0. The average Bonchev–Trinajstić information content (AvgIpc) is 2.68. The monoisotopic (exact) mass is 444 g/mol. The van der Waals surface area contributed by atoms with Crippen molar-refractivity contribution in [2.75, 3.05) is 0 Å². The molecule has 0 radical (unpaired) electrons. The molecule has 0 aliphatic carbocycles. The van der Waals surface area contributed by atoms with Crippen LogP contribution in [0.4, 0.5) is 0 Å². The normalized spacial score (nSPS) is 9.33. The van der Waals surface area contributed by atoms with Gasteiger partial charge in [0.15, 0.2) is 24.8 Å². The number of hydrogen-bond donors (Lipinski definition) is 0. The summed E-state index contributed by atoms with van der Waals surface area (Å²) < 4.78 is 4.54. The Bertz CT molecular complexity index is 823. The van der Waals surface area contributed by atoms with Gasteiger partial charge in [-0.15, -0.1) is 0 Å². The van der Waals surface area contributed by atoms with Crippen LogP contribution < -0.4 is 33.9 Å². The van der Waals surface area contributed by atoms with E-state index in [1.165, 1.54) is 22.3 Å². The maximum absolute atomic E-state index is 3.18. The molecule has 2 heterocycles. The van der Waals surface area contributed by atoms with Gasteiger partial charge in [0.05, 0.1) is 0 Å². The van der Waals surface area contributed by atoms with Crippen LogP contribution in [0.5, 0.6) is 0 Å². The number of rotatable bonds is 8. The second kappa shape index (κ2) is 15.8. The van der Waals surface area contributed by atoms with Crippen molar-refractivity contribution < 1.29 is 33.9 Å². The van der Waals surface area contributed by atoms with Crippen molar-refractivity contribution in [2.45, 2.75) is 79.3 Å². The molecule has 0 spiro atoms. The third-order valence-corrected chi connectivity index (χ3v) is 5.17. The number of aromatic nitrogens is 2. The van der Waals surface area contributed by atoms with E-state index >= 15 is 0 Å². The fourth-order valence-electron chi connectivity index (χ4n) is 2.97. The minimum Gasteiger partial charge on any atom is -1.00 e. The van der Waals surface area contributed by atoms with E-state index in [4.69, 9.17) is 0 Å². The third-order valence-electron chi connectivity index (χ3n) is 5.17. The number of halogens is 2. The van der Waals surface area contributed by atoms with Gasteiger partial charge < -0.3 is 24.8 Å². The fraction of sp³-hybridized carbons (Fsp3) is 0.462. The Morgan fingerprint density at radius 3 is 1.37 bits per heavy atom. The van der Waals surface area contributed by atoms with E-state index in [0.29, 0.717) is 0 Å². The van der Waals surface area contributed by atoms with Crippen LogP contribution in [-0.2, 0) is 13.1 Å². The third kappa shape index (κ3) is 10.7. The molecule has 0 saturated carbocycles. The van der Waals surface area contributed by atoms with Gasteiger partial charge in [0.25, 0.3) is 0 Å². The van der Waals surface area contributed by atoms with Gasteiger partial charge in [-0.2, -0.15) is 0 Å². The summed E-state index contributed by atoms with van der Waals surface area (Å²) >= 11 is 0. The smallest absolute Gasteiger partial charge is 0.171 e. The number of nitrogens with zero attached hydrogens (tertiary/aromatic N) is 2. The van der Waals surface area contributed by atoms with Crippen molar-refractivity contribution >= 4 is 0 Å². The van der Waals surface area contributed by atoms with Crippen LogP contribution in [0.1, 0.15) is 60.8 Å². The highest BCUT2D eigenvalue weighted by Crippen LogP contribution is 2.02. The predicted molar refractivity (Wildman–Crippen MR) is 115 cm³/mol. The van der Waals surface area contributed by atoms with Crippen molar-refractivity contribution in [1.29, 1.82) is 0 Å². The van der Waals surface area contributed by atoms with E-state index in [2.05, 4.69) is 97.4 Å². The molecule has 2 nitrogen and oxygen atoms in total. The summed E-state index contributed by atoms with van der Waals surface area (Å²) in [6, 6.07) is 4.37. The summed E-state index contributed by atoms with van der Waals surface area (Å²) in [6.07, 6.45) is 15.2. The Balaban J connectivity index is 0.00000420. The van der Waals surface area contributed by atoms with Gasteiger partial charge >= 0.3 is 0 Å². The summed E-state index contributed by atoms with van der Waals surface area (Å²) in [5.41, 5.74) is 5.41. The van der Waals surface area contributed by atoms with Crippen molar-refractivity contribution in [3.8, 4) is 23.7 Å². The van der Waals surface area contributed by atoms with E-state index in [9.17, 15) is 0 Å². The van der Waals surface area contributed by atoms with Crippen molar-refractivity contribution in [3.63, 3.8) is 0 Å². The van der Waals surface area contributed by atoms with Gasteiger partial charge in [0.1, 0.15) is 13.1 Å². The molecular formula is C26H34Cl2N2. The molecule has 0 amide bonds. The summed E-state index contributed by atoms with van der Waals surface area (Å²) in [6.45, 7) is 10.8. The average molecular weight is 445 g/mol. The van der Waals surface area contributed by atoms with Gasteiger partial charge in [-0.1, -0.05) is 11.8 Å². The first-order valence-electron chi connectivity index (χ1n) is 10.4. The lowest BCUT2D eigenvalue weighted by atomic mass is 10.2. The van der Waals surface area contributed by atoms with E-state index < -0.39 is 0 Å². The van der Waals surface area contributed by atoms with Gasteiger partial charge in [0, 0.05) is 48.9 Å². The molecule has 30 heavy (non-hydrogen) atoms. The van der Waals surface area contributed by atoms with Crippen LogP contribution in [0.2, 0.25) is 0 Å². The lowest BCUT2D eigenvalue weighted by Crippen LogP contribution is -3.00. The molecule has 0 bridgehead atoms. The largest absolute Gasteiger partial charge is 1.00 e. The summed E-state index contributed by atoms with van der Waals surface area (Å²) in [4.78, 5) is 0. The molecule has 0 N–H and O–H groups in total. The first-order chi connectivity index (χ1) is 13.6. The quantitative estimate of drug-likeness (QED) is 0.267. The molecular weight excluding hydrogens is 411 g/mol. The maximum Gasteiger partial charge on any atom is 0.171 e. The second-order valence-electron chi connectivity index (χ2n) is 7.62. The molecule has 0 aromatic carbocycles. The number of unbranched alkanes of at least 4 members (excludes halogenated alkanes) is 4. The Hall–Kier alpha value is -2.00. The van der Waals surface area contributed by atoms with E-state index in [1.54, 1.807) is 0 Å². The maximum atomic E-state index is 3.18. The Morgan fingerprint density at radius 2 is 1.00 bits per heavy atom. The zero-order chi connectivity index (χ0) is 20.2. The molecule has 4 heteroatoms. The molecule has 0 aliphatic rings.